The zero-order valence-electron chi connectivity index (χ0n) is 8.54. The second kappa shape index (κ2) is 3.91. The van der Waals surface area contributed by atoms with Gasteiger partial charge in [-0.05, 0) is 24.7 Å². The predicted octanol–water partition coefficient (Wildman–Crippen LogP) is 2.58. The van der Waals surface area contributed by atoms with E-state index in [4.69, 9.17) is 0 Å². The van der Waals surface area contributed by atoms with Crippen molar-refractivity contribution < 1.29 is 4.21 Å². The predicted molar refractivity (Wildman–Crippen MR) is 54.6 cm³/mol. The minimum Gasteiger partial charge on any atom is -0.259 e. The molecule has 1 fully saturated rings. The first-order valence-electron chi connectivity index (χ1n) is 4.91. The maximum atomic E-state index is 11.6. The molecule has 0 heterocycles. The van der Waals surface area contributed by atoms with Gasteiger partial charge in [0.2, 0.25) is 0 Å². The molecule has 1 saturated carbocycles. The van der Waals surface area contributed by atoms with Crippen LogP contribution in [0.1, 0.15) is 40.5 Å². The standard InChI is InChI=1S/C10H20OS/c1-7(2)9-5-10(6-9)12(11)8(3)4/h7-10H,5-6H2,1-4H3. The van der Waals surface area contributed by atoms with Crippen LogP contribution in [0.15, 0.2) is 0 Å². The minimum atomic E-state index is -0.567. The molecule has 1 aliphatic carbocycles. The van der Waals surface area contributed by atoms with Gasteiger partial charge in [0.1, 0.15) is 0 Å². The molecule has 1 rings (SSSR count). The van der Waals surface area contributed by atoms with E-state index in [9.17, 15) is 4.21 Å². The molecule has 0 aromatic carbocycles. The molecule has 0 aromatic heterocycles. The summed E-state index contributed by atoms with van der Waals surface area (Å²) >= 11 is 0. The van der Waals surface area contributed by atoms with Gasteiger partial charge in [0.05, 0.1) is 0 Å². The molecule has 1 aliphatic rings. The fraction of sp³-hybridized carbons (Fsp3) is 1.00. The van der Waals surface area contributed by atoms with Gasteiger partial charge >= 0.3 is 0 Å². The third-order valence-electron chi connectivity index (χ3n) is 2.87. The molecule has 1 nitrogen and oxygen atoms in total. The molecule has 1 unspecified atom stereocenters. The van der Waals surface area contributed by atoms with Crippen LogP contribution >= 0.6 is 0 Å². The van der Waals surface area contributed by atoms with Crippen LogP contribution in [-0.4, -0.2) is 14.7 Å². The topological polar surface area (TPSA) is 17.1 Å². The lowest BCUT2D eigenvalue weighted by molar-refractivity contribution is 0.241. The summed E-state index contributed by atoms with van der Waals surface area (Å²) in [7, 11) is -0.567. The van der Waals surface area contributed by atoms with E-state index in [1.165, 1.54) is 12.8 Å². The SMILES string of the molecule is CC(C)C1CC(S(=O)C(C)C)C1. The summed E-state index contributed by atoms with van der Waals surface area (Å²) in [5.41, 5.74) is 0. The van der Waals surface area contributed by atoms with E-state index in [-0.39, 0.29) is 0 Å². The Labute approximate surface area is 78.4 Å². The molecule has 0 aliphatic heterocycles. The minimum absolute atomic E-state index is 0.350. The zero-order chi connectivity index (χ0) is 9.30. The summed E-state index contributed by atoms with van der Waals surface area (Å²) in [4.78, 5) is 0. The Morgan fingerprint density at radius 3 is 2.00 bits per heavy atom. The molecule has 72 valence electrons. The van der Waals surface area contributed by atoms with E-state index in [1.54, 1.807) is 0 Å². The fourth-order valence-electron chi connectivity index (χ4n) is 1.73. The van der Waals surface area contributed by atoms with Crippen molar-refractivity contribution in [1.82, 2.24) is 0 Å². The Balaban J connectivity index is 2.30. The van der Waals surface area contributed by atoms with Crippen LogP contribution in [0.4, 0.5) is 0 Å². The van der Waals surface area contributed by atoms with E-state index >= 15 is 0 Å². The summed E-state index contributed by atoms with van der Waals surface area (Å²) in [6.07, 6.45) is 2.39. The average molecular weight is 188 g/mol. The van der Waals surface area contributed by atoms with Crippen LogP contribution in [0, 0.1) is 11.8 Å². The number of hydrogen-bond acceptors (Lipinski definition) is 1. The van der Waals surface area contributed by atoms with Crippen LogP contribution in [0.25, 0.3) is 0 Å². The Morgan fingerprint density at radius 2 is 1.67 bits per heavy atom. The highest BCUT2D eigenvalue weighted by molar-refractivity contribution is 7.86. The van der Waals surface area contributed by atoms with E-state index in [1.807, 2.05) is 0 Å². The smallest absolute Gasteiger partial charge is 0.0356 e. The summed E-state index contributed by atoms with van der Waals surface area (Å²) < 4.78 is 11.6. The molecular formula is C10H20OS. The van der Waals surface area contributed by atoms with Crippen LogP contribution in [0.5, 0.6) is 0 Å². The lowest BCUT2D eigenvalue weighted by Gasteiger charge is -2.38. The Bertz CT molecular complexity index is 169. The molecule has 0 bridgehead atoms. The van der Waals surface area contributed by atoms with Gasteiger partial charge in [-0.25, -0.2) is 0 Å². The largest absolute Gasteiger partial charge is 0.259 e. The van der Waals surface area contributed by atoms with Crippen LogP contribution in [0.2, 0.25) is 0 Å². The van der Waals surface area contributed by atoms with Crippen LogP contribution in [-0.2, 0) is 10.8 Å². The third kappa shape index (κ3) is 2.09. The van der Waals surface area contributed by atoms with Gasteiger partial charge in [0, 0.05) is 21.3 Å². The van der Waals surface area contributed by atoms with Gasteiger partial charge < -0.3 is 0 Å². The van der Waals surface area contributed by atoms with Crippen molar-refractivity contribution in [2.75, 3.05) is 0 Å². The second-order valence-electron chi connectivity index (χ2n) is 4.47. The summed E-state index contributed by atoms with van der Waals surface area (Å²) in [5.74, 6) is 1.63. The highest BCUT2D eigenvalue weighted by Gasteiger charge is 2.35. The molecule has 0 amide bonds. The molecular weight excluding hydrogens is 168 g/mol. The number of rotatable bonds is 3. The summed E-state index contributed by atoms with van der Waals surface area (Å²) in [5, 5.41) is 0.862. The first-order chi connectivity index (χ1) is 5.52. The Morgan fingerprint density at radius 1 is 1.17 bits per heavy atom. The summed E-state index contributed by atoms with van der Waals surface area (Å²) in [6.45, 7) is 8.63. The van der Waals surface area contributed by atoms with Crippen molar-refractivity contribution in [2.45, 2.75) is 51.0 Å². The molecule has 1 atom stereocenters. The molecule has 0 spiro atoms. The van der Waals surface area contributed by atoms with Gasteiger partial charge in [-0.2, -0.15) is 0 Å². The normalized spacial score (nSPS) is 32.2. The fourth-order valence-corrected chi connectivity index (χ4v) is 3.37. The second-order valence-corrected chi connectivity index (χ2v) is 6.74. The van der Waals surface area contributed by atoms with Crippen molar-refractivity contribution >= 4 is 10.8 Å². The average Bonchev–Trinajstić information content (AvgIpc) is 1.82. The van der Waals surface area contributed by atoms with Gasteiger partial charge in [-0.15, -0.1) is 0 Å². The van der Waals surface area contributed by atoms with Gasteiger partial charge in [-0.3, -0.25) is 4.21 Å². The maximum absolute atomic E-state index is 11.6. The molecule has 0 aromatic rings. The van der Waals surface area contributed by atoms with Crippen LogP contribution in [0.3, 0.4) is 0 Å². The molecule has 12 heavy (non-hydrogen) atoms. The van der Waals surface area contributed by atoms with Gasteiger partial charge in [-0.1, -0.05) is 27.7 Å². The quantitative estimate of drug-likeness (QED) is 0.665. The van der Waals surface area contributed by atoms with Crippen molar-refractivity contribution in [1.29, 1.82) is 0 Å². The zero-order valence-corrected chi connectivity index (χ0v) is 9.36. The lowest BCUT2D eigenvalue weighted by Crippen LogP contribution is -2.37. The monoisotopic (exact) mass is 188 g/mol. The van der Waals surface area contributed by atoms with E-state index < -0.39 is 10.8 Å². The molecule has 0 N–H and O–H groups in total. The maximum Gasteiger partial charge on any atom is 0.0356 e. The van der Waals surface area contributed by atoms with Crippen LogP contribution < -0.4 is 0 Å². The van der Waals surface area contributed by atoms with Crippen molar-refractivity contribution in [3.05, 3.63) is 0 Å². The molecule has 0 saturated heterocycles. The first kappa shape index (κ1) is 10.2. The molecule has 0 radical (unpaired) electrons. The van der Waals surface area contributed by atoms with Crippen molar-refractivity contribution in [3.63, 3.8) is 0 Å². The Kier molecular flexibility index (Phi) is 3.33. The van der Waals surface area contributed by atoms with Gasteiger partial charge in [0.15, 0.2) is 0 Å². The lowest BCUT2D eigenvalue weighted by atomic mass is 9.77. The van der Waals surface area contributed by atoms with E-state index in [2.05, 4.69) is 27.7 Å². The van der Waals surface area contributed by atoms with Crippen molar-refractivity contribution in [2.24, 2.45) is 11.8 Å². The number of hydrogen-bond donors (Lipinski definition) is 0. The van der Waals surface area contributed by atoms with E-state index in [0.29, 0.717) is 10.5 Å². The third-order valence-corrected chi connectivity index (χ3v) is 4.84. The highest BCUT2D eigenvalue weighted by Crippen LogP contribution is 2.37. The molecule has 2 heteroatoms. The summed E-state index contributed by atoms with van der Waals surface area (Å²) in [6, 6.07) is 0. The highest BCUT2D eigenvalue weighted by atomic mass is 32.2. The Hall–Kier alpha value is 0.150. The van der Waals surface area contributed by atoms with E-state index in [0.717, 1.165) is 11.8 Å². The first-order valence-corrected chi connectivity index (χ1v) is 6.19. The van der Waals surface area contributed by atoms with Crippen molar-refractivity contribution in [3.8, 4) is 0 Å². The van der Waals surface area contributed by atoms with Gasteiger partial charge in [0.25, 0.3) is 0 Å².